The summed E-state index contributed by atoms with van der Waals surface area (Å²) >= 11 is 0. The van der Waals surface area contributed by atoms with E-state index in [1.165, 1.54) is 0 Å². The molecule has 0 N–H and O–H groups in total. The molecule has 0 amide bonds. The fraction of sp³-hybridized carbons (Fsp3) is 0.500. The lowest BCUT2D eigenvalue weighted by Gasteiger charge is -2.05. The summed E-state index contributed by atoms with van der Waals surface area (Å²) in [4.78, 5) is 5.59. The van der Waals surface area contributed by atoms with Crippen molar-refractivity contribution < 1.29 is 0 Å². The quantitative estimate of drug-likeness (QED) is 0.282. The molecule has 0 aromatic rings. The van der Waals surface area contributed by atoms with Gasteiger partial charge in [-0.25, -0.2) is 0 Å². The van der Waals surface area contributed by atoms with E-state index in [1.54, 1.807) is 13.4 Å². The molecule has 0 saturated carbocycles. The van der Waals surface area contributed by atoms with Gasteiger partial charge in [0, 0.05) is 14.1 Å². The van der Waals surface area contributed by atoms with E-state index in [4.69, 9.17) is 6.42 Å². The molecule has 2 nitrogen and oxygen atoms in total. The predicted molar refractivity (Wildman–Crippen MR) is 35.9 cm³/mol. The summed E-state index contributed by atoms with van der Waals surface area (Å²) in [5.74, 6) is 2.49. The van der Waals surface area contributed by atoms with Crippen LogP contribution in [0.4, 0.5) is 0 Å². The Morgan fingerprint density at radius 1 is 1.88 bits per heavy atom. The molecule has 0 fully saturated rings. The number of rotatable bonds is 2. The Balaban J connectivity index is 3.36. The van der Waals surface area contributed by atoms with Gasteiger partial charge in [0.15, 0.2) is 0 Å². The first-order chi connectivity index (χ1) is 3.81. The third-order valence-corrected chi connectivity index (χ3v) is 0.653. The molecule has 0 atom stereocenters. The number of aliphatic imine (C=N–C) groups is 1. The first kappa shape index (κ1) is 7.03. The first-order valence-electron chi connectivity index (χ1n) is 2.37. The Labute approximate surface area is 50.2 Å². The Morgan fingerprint density at radius 2 is 2.50 bits per heavy atom. The molecule has 0 unspecified atom stereocenters. The molecule has 0 aromatic carbocycles. The Bertz CT molecular complexity index is 110. The average molecular weight is 110 g/mol. The van der Waals surface area contributed by atoms with Crippen molar-refractivity contribution in [3.05, 3.63) is 0 Å². The molecule has 44 valence electrons. The van der Waals surface area contributed by atoms with E-state index in [0.29, 0.717) is 6.54 Å². The standard InChI is InChI=1S/C6H10N2/c1-4-5-8(3)6-7-2/h1,6H,5H2,2-3H3/b7-6+. The molecule has 0 aliphatic heterocycles. The van der Waals surface area contributed by atoms with E-state index in [9.17, 15) is 0 Å². The van der Waals surface area contributed by atoms with Gasteiger partial charge in [0.1, 0.15) is 0 Å². The van der Waals surface area contributed by atoms with Crippen LogP contribution in [0.15, 0.2) is 4.99 Å². The normalized spacial score (nSPS) is 9.12. The van der Waals surface area contributed by atoms with Crippen molar-refractivity contribution in [2.24, 2.45) is 4.99 Å². The van der Waals surface area contributed by atoms with Gasteiger partial charge >= 0.3 is 0 Å². The molecule has 0 radical (unpaired) electrons. The second-order valence-corrected chi connectivity index (χ2v) is 1.49. The lowest BCUT2D eigenvalue weighted by Crippen LogP contribution is -2.15. The predicted octanol–water partition coefficient (Wildman–Crippen LogP) is 0.210. The van der Waals surface area contributed by atoms with Gasteiger partial charge in [0.05, 0.1) is 12.9 Å². The minimum atomic E-state index is 0.622. The van der Waals surface area contributed by atoms with Gasteiger partial charge in [-0.05, 0) is 0 Å². The Morgan fingerprint density at radius 3 is 2.88 bits per heavy atom. The molecule has 0 bridgehead atoms. The number of hydrogen-bond donors (Lipinski definition) is 0. The summed E-state index contributed by atoms with van der Waals surface area (Å²) in [6, 6.07) is 0. The molecule has 0 spiro atoms. The number of nitrogens with zero attached hydrogens (tertiary/aromatic N) is 2. The molecular weight excluding hydrogens is 100 g/mol. The van der Waals surface area contributed by atoms with Crippen molar-refractivity contribution in [3.8, 4) is 12.3 Å². The van der Waals surface area contributed by atoms with Crippen molar-refractivity contribution in [1.29, 1.82) is 0 Å². The van der Waals surface area contributed by atoms with Crippen LogP contribution in [0.1, 0.15) is 0 Å². The van der Waals surface area contributed by atoms with E-state index in [-0.39, 0.29) is 0 Å². The molecule has 8 heavy (non-hydrogen) atoms. The van der Waals surface area contributed by atoms with Crippen LogP contribution >= 0.6 is 0 Å². The van der Waals surface area contributed by atoms with Crippen molar-refractivity contribution in [3.63, 3.8) is 0 Å². The third-order valence-electron chi connectivity index (χ3n) is 0.653. The highest BCUT2D eigenvalue weighted by molar-refractivity contribution is 5.54. The monoisotopic (exact) mass is 110 g/mol. The molecule has 0 rings (SSSR count). The van der Waals surface area contributed by atoms with Gasteiger partial charge in [-0.3, -0.25) is 4.99 Å². The van der Waals surface area contributed by atoms with E-state index < -0.39 is 0 Å². The van der Waals surface area contributed by atoms with Gasteiger partial charge in [0.25, 0.3) is 0 Å². The topological polar surface area (TPSA) is 15.6 Å². The molecule has 2 heteroatoms. The molecule has 0 saturated heterocycles. The summed E-state index contributed by atoms with van der Waals surface area (Å²) in [5, 5.41) is 0. The maximum atomic E-state index is 5.01. The average Bonchev–Trinajstić information content (AvgIpc) is 1.68. The van der Waals surface area contributed by atoms with Crippen LogP contribution in [0.25, 0.3) is 0 Å². The third kappa shape index (κ3) is 3.23. The van der Waals surface area contributed by atoms with Crippen LogP contribution in [-0.2, 0) is 0 Å². The minimum absolute atomic E-state index is 0.622. The van der Waals surface area contributed by atoms with E-state index in [1.807, 2.05) is 11.9 Å². The lowest BCUT2D eigenvalue weighted by atomic mass is 10.6. The van der Waals surface area contributed by atoms with Crippen molar-refractivity contribution in [2.45, 2.75) is 0 Å². The summed E-state index contributed by atoms with van der Waals surface area (Å²) in [7, 11) is 3.60. The second kappa shape index (κ2) is 4.20. The fourth-order valence-corrected chi connectivity index (χ4v) is 0.382. The molecule has 0 aliphatic rings. The van der Waals surface area contributed by atoms with Crippen molar-refractivity contribution in [2.75, 3.05) is 20.6 Å². The largest absolute Gasteiger partial charge is 0.355 e. The highest BCUT2D eigenvalue weighted by Crippen LogP contribution is 1.70. The van der Waals surface area contributed by atoms with Gasteiger partial charge in [-0.1, -0.05) is 5.92 Å². The zero-order valence-electron chi connectivity index (χ0n) is 5.26. The minimum Gasteiger partial charge on any atom is -0.355 e. The second-order valence-electron chi connectivity index (χ2n) is 1.49. The Hall–Kier alpha value is -0.970. The van der Waals surface area contributed by atoms with E-state index >= 15 is 0 Å². The lowest BCUT2D eigenvalue weighted by molar-refractivity contribution is 0.590. The summed E-state index contributed by atoms with van der Waals surface area (Å²) in [6.45, 7) is 0.622. The maximum absolute atomic E-state index is 5.01. The van der Waals surface area contributed by atoms with E-state index in [2.05, 4.69) is 10.9 Å². The highest BCUT2D eigenvalue weighted by atomic mass is 15.1. The van der Waals surface area contributed by atoms with Crippen LogP contribution in [0.5, 0.6) is 0 Å². The smallest absolute Gasteiger partial charge is 0.0851 e. The number of terminal acetylenes is 1. The zero-order chi connectivity index (χ0) is 6.41. The highest BCUT2D eigenvalue weighted by Gasteiger charge is 1.81. The Kier molecular flexibility index (Phi) is 3.69. The van der Waals surface area contributed by atoms with Crippen LogP contribution in [0.3, 0.4) is 0 Å². The first-order valence-corrected chi connectivity index (χ1v) is 2.37. The van der Waals surface area contributed by atoms with Crippen LogP contribution in [-0.4, -0.2) is 31.9 Å². The fourth-order valence-electron chi connectivity index (χ4n) is 0.382. The summed E-state index contributed by atoms with van der Waals surface area (Å²) in [5.41, 5.74) is 0. The number of hydrogen-bond acceptors (Lipinski definition) is 1. The van der Waals surface area contributed by atoms with Crippen LogP contribution in [0.2, 0.25) is 0 Å². The molecule has 0 aliphatic carbocycles. The van der Waals surface area contributed by atoms with Crippen molar-refractivity contribution >= 4 is 6.34 Å². The summed E-state index contributed by atoms with van der Waals surface area (Å²) < 4.78 is 0. The SMILES string of the molecule is C#CCN(C)/C=N/C. The van der Waals surface area contributed by atoms with Crippen molar-refractivity contribution in [1.82, 2.24) is 4.90 Å². The van der Waals surface area contributed by atoms with E-state index in [0.717, 1.165) is 0 Å². The molecule has 0 aromatic heterocycles. The van der Waals surface area contributed by atoms with Gasteiger partial charge in [-0.15, -0.1) is 6.42 Å². The molecular formula is C6H10N2. The van der Waals surface area contributed by atoms with Crippen LogP contribution < -0.4 is 0 Å². The van der Waals surface area contributed by atoms with Gasteiger partial charge < -0.3 is 4.90 Å². The van der Waals surface area contributed by atoms with Gasteiger partial charge in [0.2, 0.25) is 0 Å². The molecule has 0 heterocycles. The summed E-state index contributed by atoms with van der Waals surface area (Å²) in [6.07, 6.45) is 6.70. The van der Waals surface area contributed by atoms with Gasteiger partial charge in [-0.2, -0.15) is 0 Å². The van der Waals surface area contributed by atoms with Crippen LogP contribution in [0, 0.1) is 12.3 Å². The zero-order valence-corrected chi connectivity index (χ0v) is 5.26. The maximum Gasteiger partial charge on any atom is 0.0851 e.